The van der Waals surface area contributed by atoms with E-state index < -0.39 is 24.2 Å². The van der Waals surface area contributed by atoms with Crippen LogP contribution in [0.5, 0.6) is 0 Å². The molecule has 0 aliphatic rings. The van der Waals surface area contributed by atoms with Gasteiger partial charge in [-0.2, -0.15) is 0 Å². The molecule has 0 fully saturated rings. The molecule has 1 amide bonds. The van der Waals surface area contributed by atoms with Crippen molar-refractivity contribution in [3.63, 3.8) is 0 Å². The molecule has 0 saturated heterocycles. The van der Waals surface area contributed by atoms with Crippen molar-refractivity contribution in [2.24, 2.45) is 0 Å². The molecular formula is C9H17F2NO3. The molecule has 0 aromatic heterocycles. The van der Waals surface area contributed by atoms with Gasteiger partial charge in [0.15, 0.2) is 0 Å². The first kappa shape index (κ1) is 14.1. The first-order valence-corrected chi connectivity index (χ1v) is 4.65. The maximum absolute atomic E-state index is 11.8. The molecule has 1 atom stereocenters. The first-order valence-electron chi connectivity index (χ1n) is 4.65. The number of carbonyl (C=O) groups excluding carboxylic acids is 1. The van der Waals surface area contributed by atoms with Gasteiger partial charge in [0.1, 0.15) is 11.7 Å². The molecule has 2 N–H and O–H groups in total. The van der Waals surface area contributed by atoms with Gasteiger partial charge in [-0.15, -0.1) is 0 Å². The molecular weight excluding hydrogens is 208 g/mol. The second-order valence-electron chi connectivity index (χ2n) is 4.12. The summed E-state index contributed by atoms with van der Waals surface area (Å²) in [5.74, 6) is 0. The molecule has 15 heavy (non-hydrogen) atoms. The zero-order valence-electron chi connectivity index (χ0n) is 9.09. The number of ether oxygens (including phenoxy) is 1. The van der Waals surface area contributed by atoms with Crippen LogP contribution in [0.3, 0.4) is 0 Å². The zero-order chi connectivity index (χ0) is 12.1. The Morgan fingerprint density at radius 1 is 1.47 bits per heavy atom. The fourth-order valence-electron chi connectivity index (χ4n) is 0.762. The summed E-state index contributed by atoms with van der Waals surface area (Å²) in [6.45, 7) is 5.04. The van der Waals surface area contributed by atoms with Crippen LogP contribution in [0.25, 0.3) is 0 Å². The highest BCUT2D eigenvalue weighted by atomic mass is 19.3. The van der Waals surface area contributed by atoms with E-state index in [-0.39, 0.29) is 13.0 Å². The number of alkyl halides is 2. The van der Waals surface area contributed by atoms with E-state index in [2.05, 4.69) is 5.32 Å². The second kappa shape index (κ2) is 5.85. The Morgan fingerprint density at radius 2 is 2.00 bits per heavy atom. The van der Waals surface area contributed by atoms with Crippen LogP contribution in [0.2, 0.25) is 0 Å². The van der Waals surface area contributed by atoms with Gasteiger partial charge in [-0.25, -0.2) is 13.6 Å². The van der Waals surface area contributed by atoms with Crippen molar-refractivity contribution >= 4 is 6.09 Å². The lowest BCUT2D eigenvalue weighted by atomic mass is 10.2. The second-order valence-corrected chi connectivity index (χ2v) is 4.12. The fourth-order valence-corrected chi connectivity index (χ4v) is 0.762. The molecule has 0 rings (SSSR count). The lowest BCUT2D eigenvalue weighted by Crippen LogP contribution is -2.34. The zero-order valence-corrected chi connectivity index (χ0v) is 9.09. The van der Waals surface area contributed by atoms with Gasteiger partial charge in [0.2, 0.25) is 0 Å². The SMILES string of the molecule is CC(C)(C)OC(=O)NCCC(O)C(F)F. The van der Waals surface area contributed by atoms with Gasteiger partial charge in [0, 0.05) is 6.54 Å². The van der Waals surface area contributed by atoms with Crippen LogP contribution in [-0.2, 0) is 4.74 Å². The number of nitrogens with one attached hydrogen (secondary N) is 1. The number of aliphatic hydroxyl groups excluding tert-OH is 1. The van der Waals surface area contributed by atoms with E-state index in [4.69, 9.17) is 9.84 Å². The molecule has 90 valence electrons. The van der Waals surface area contributed by atoms with Gasteiger partial charge in [-0.05, 0) is 27.2 Å². The van der Waals surface area contributed by atoms with Crippen LogP contribution < -0.4 is 5.32 Å². The molecule has 0 aliphatic heterocycles. The predicted molar refractivity (Wildman–Crippen MR) is 50.9 cm³/mol. The quantitative estimate of drug-likeness (QED) is 0.762. The number of hydrogen-bond acceptors (Lipinski definition) is 3. The third-order valence-corrected chi connectivity index (χ3v) is 1.40. The molecule has 0 bridgehead atoms. The highest BCUT2D eigenvalue weighted by molar-refractivity contribution is 5.67. The number of carbonyl (C=O) groups is 1. The summed E-state index contributed by atoms with van der Waals surface area (Å²) in [5.41, 5.74) is -0.620. The molecule has 0 spiro atoms. The van der Waals surface area contributed by atoms with E-state index >= 15 is 0 Å². The predicted octanol–water partition coefficient (Wildman–Crippen LogP) is 1.53. The molecule has 6 heteroatoms. The summed E-state index contributed by atoms with van der Waals surface area (Å²) in [4.78, 5) is 11.0. The summed E-state index contributed by atoms with van der Waals surface area (Å²) in [7, 11) is 0. The average molecular weight is 225 g/mol. The number of amides is 1. The van der Waals surface area contributed by atoms with Gasteiger partial charge in [-0.1, -0.05) is 0 Å². The van der Waals surface area contributed by atoms with Crippen molar-refractivity contribution in [3.8, 4) is 0 Å². The largest absolute Gasteiger partial charge is 0.444 e. The molecule has 0 aromatic rings. The standard InChI is InChI=1S/C9H17F2NO3/c1-9(2,3)15-8(14)12-5-4-6(13)7(10)11/h6-7,13H,4-5H2,1-3H3,(H,12,14). The van der Waals surface area contributed by atoms with Crippen LogP contribution >= 0.6 is 0 Å². The van der Waals surface area contributed by atoms with Crippen LogP contribution in [0.15, 0.2) is 0 Å². The Labute approximate surface area is 87.6 Å². The molecule has 0 heterocycles. The molecule has 0 aromatic carbocycles. The van der Waals surface area contributed by atoms with E-state index in [0.29, 0.717) is 0 Å². The van der Waals surface area contributed by atoms with E-state index in [1.54, 1.807) is 20.8 Å². The number of rotatable bonds is 4. The Hall–Kier alpha value is -0.910. The summed E-state index contributed by atoms with van der Waals surface area (Å²) in [5, 5.41) is 11.0. The molecule has 4 nitrogen and oxygen atoms in total. The maximum atomic E-state index is 11.8. The molecule has 1 unspecified atom stereocenters. The summed E-state index contributed by atoms with van der Waals surface area (Å²) >= 11 is 0. The van der Waals surface area contributed by atoms with Gasteiger partial charge >= 0.3 is 6.09 Å². The highest BCUT2D eigenvalue weighted by Crippen LogP contribution is 2.07. The van der Waals surface area contributed by atoms with Gasteiger partial charge in [0.05, 0.1) is 0 Å². The summed E-state index contributed by atoms with van der Waals surface area (Å²) in [6, 6.07) is 0. The summed E-state index contributed by atoms with van der Waals surface area (Å²) in [6.07, 6.45) is -5.37. The van der Waals surface area contributed by atoms with Gasteiger partial charge in [-0.3, -0.25) is 0 Å². The van der Waals surface area contributed by atoms with Crippen molar-refractivity contribution in [2.75, 3.05) is 6.54 Å². The number of alkyl carbamates (subject to hydrolysis) is 1. The van der Waals surface area contributed by atoms with Gasteiger partial charge in [0.25, 0.3) is 6.43 Å². The van der Waals surface area contributed by atoms with E-state index in [1.807, 2.05) is 0 Å². The smallest absolute Gasteiger partial charge is 0.407 e. The minimum Gasteiger partial charge on any atom is -0.444 e. The normalized spacial score (nSPS) is 13.8. The number of halogens is 2. The van der Waals surface area contributed by atoms with Crippen molar-refractivity contribution < 1.29 is 23.4 Å². The lowest BCUT2D eigenvalue weighted by molar-refractivity contribution is -0.00910. The highest BCUT2D eigenvalue weighted by Gasteiger charge is 2.18. The van der Waals surface area contributed by atoms with Crippen LogP contribution in [0, 0.1) is 0 Å². The number of hydrogen-bond donors (Lipinski definition) is 2. The Morgan fingerprint density at radius 3 is 2.40 bits per heavy atom. The van der Waals surface area contributed by atoms with E-state index in [0.717, 1.165) is 0 Å². The fraction of sp³-hybridized carbons (Fsp3) is 0.889. The molecule has 0 aliphatic carbocycles. The van der Waals surface area contributed by atoms with Crippen LogP contribution in [0.1, 0.15) is 27.2 Å². The molecule has 0 saturated carbocycles. The third-order valence-electron chi connectivity index (χ3n) is 1.40. The minimum absolute atomic E-state index is 0.0413. The monoisotopic (exact) mass is 225 g/mol. The van der Waals surface area contributed by atoms with Crippen LogP contribution in [-0.4, -0.2) is 35.9 Å². The number of aliphatic hydroxyl groups is 1. The summed E-state index contributed by atoms with van der Waals surface area (Å²) < 4.78 is 28.5. The first-order chi connectivity index (χ1) is 6.72. The Bertz CT molecular complexity index is 204. The third kappa shape index (κ3) is 8.11. The van der Waals surface area contributed by atoms with Crippen molar-refractivity contribution in [2.45, 2.75) is 45.3 Å². The Balaban J connectivity index is 3.65. The maximum Gasteiger partial charge on any atom is 0.407 e. The molecule has 0 radical (unpaired) electrons. The Kier molecular flexibility index (Phi) is 5.49. The van der Waals surface area contributed by atoms with Gasteiger partial charge < -0.3 is 15.2 Å². The van der Waals surface area contributed by atoms with Crippen molar-refractivity contribution in [1.82, 2.24) is 5.32 Å². The van der Waals surface area contributed by atoms with E-state index in [1.165, 1.54) is 0 Å². The van der Waals surface area contributed by atoms with Crippen molar-refractivity contribution in [3.05, 3.63) is 0 Å². The average Bonchev–Trinajstić information content (AvgIpc) is 2.00. The topological polar surface area (TPSA) is 58.6 Å². The minimum atomic E-state index is -2.79. The van der Waals surface area contributed by atoms with Crippen molar-refractivity contribution in [1.29, 1.82) is 0 Å². The lowest BCUT2D eigenvalue weighted by Gasteiger charge is -2.20. The van der Waals surface area contributed by atoms with E-state index in [9.17, 15) is 13.6 Å². The van der Waals surface area contributed by atoms with Crippen LogP contribution in [0.4, 0.5) is 13.6 Å².